The van der Waals surface area contributed by atoms with Crippen molar-refractivity contribution in [1.29, 1.82) is 0 Å². The molecule has 0 unspecified atom stereocenters. The van der Waals surface area contributed by atoms with Crippen LogP contribution in [0.1, 0.15) is 30.5 Å². The highest BCUT2D eigenvalue weighted by Gasteiger charge is 2.50. The van der Waals surface area contributed by atoms with Gasteiger partial charge in [-0.1, -0.05) is 102 Å². The van der Waals surface area contributed by atoms with E-state index in [4.69, 9.17) is 28.5 Å². The van der Waals surface area contributed by atoms with E-state index in [0.29, 0.717) is 19.8 Å². The second-order valence-electron chi connectivity index (χ2n) is 10.0. The highest BCUT2D eigenvalue weighted by Crippen LogP contribution is 2.35. The number of methoxy groups -OCH3 is 1. The minimum absolute atomic E-state index is 0.341. The van der Waals surface area contributed by atoms with Gasteiger partial charge >= 0.3 is 0 Å². The Morgan fingerprint density at radius 1 is 0.775 bits per heavy atom. The van der Waals surface area contributed by atoms with Gasteiger partial charge in [-0.05, 0) is 30.5 Å². The summed E-state index contributed by atoms with van der Waals surface area (Å²) in [4.78, 5) is 5.57. The molecular formula is C33H39NO6. The molecule has 40 heavy (non-hydrogen) atoms. The largest absolute Gasteiger partial charge is 0.391 e. The number of hydrogen-bond donors (Lipinski definition) is 0. The molecule has 0 aromatic heterocycles. The van der Waals surface area contributed by atoms with E-state index in [1.54, 1.807) is 19.4 Å². The van der Waals surface area contributed by atoms with E-state index < -0.39 is 36.3 Å². The van der Waals surface area contributed by atoms with Crippen LogP contribution in [0, 0.1) is 0 Å². The van der Waals surface area contributed by atoms with E-state index in [1.165, 1.54) is 0 Å². The highest BCUT2D eigenvalue weighted by atomic mass is 16.8. The Bertz CT molecular complexity index is 1170. The van der Waals surface area contributed by atoms with Gasteiger partial charge in [-0.15, -0.1) is 6.58 Å². The van der Waals surface area contributed by atoms with Crippen molar-refractivity contribution < 1.29 is 28.5 Å². The zero-order chi connectivity index (χ0) is 28.2. The average molecular weight is 546 g/mol. The van der Waals surface area contributed by atoms with Crippen LogP contribution in [0.2, 0.25) is 0 Å². The van der Waals surface area contributed by atoms with Crippen molar-refractivity contribution in [3.05, 3.63) is 120 Å². The van der Waals surface area contributed by atoms with Gasteiger partial charge in [0.1, 0.15) is 37.1 Å². The summed E-state index contributed by atoms with van der Waals surface area (Å²) >= 11 is 0. The topological polar surface area (TPSA) is 67.7 Å². The van der Waals surface area contributed by atoms with Gasteiger partial charge in [0, 0.05) is 7.11 Å². The molecule has 1 heterocycles. The fraction of sp³-hybridized carbons (Fsp3) is 0.364. The molecule has 0 bridgehead atoms. The molecule has 1 saturated heterocycles. The quantitative estimate of drug-likeness (QED) is 0.131. The van der Waals surface area contributed by atoms with Crippen LogP contribution in [0.5, 0.6) is 0 Å². The van der Waals surface area contributed by atoms with Crippen LogP contribution in [-0.2, 0) is 48.3 Å². The highest BCUT2D eigenvalue weighted by molar-refractivity contribution is 5.63. The molecular weight excluding hydrogens is 506 g/mol. The van der Waals surface area contributed by atoms with Crippen molar-refractivity contribution >= 4 is 6.21 Å². The fourth-order valence-corrected chi connectivity index (χ4v) is 4.60. The Kier molecular flexibility index (Phi) is 11.0. The number of nitrogens with zero attached hydrogens (tertiary/aromatic N) is 1. The van der Waals surface area contributed by atoms with Gasteiger partial charge < -0.3 is 28.5 Å². The van der Waals surface area contributed by atoms with Crippen LogP contribution < -0.4 is 0 Å². The molecule has 212 valence electrons. The van der Waals surface area contributed by atoms with Crippen molar-refractivity contribution in [3.63, 3.8) is 0 Å². The normalized spacial score (nSPS) is 20.7. The van der Waals surface area contributed by atoms with Crippen molar-refractivity contribution in [2.75, 3.05) is 7.11 Å². The summed E-state index contributed by atoms with van der Waals surface area (Å²) < 4.78 is 31.5. The second kappa shape index (κ2) is 14.9. The minimum atomic E-state index is -0.875. The first-order chi connectivity index (χ1) is 19.5. The lowest BCUT2D eigenvalue weighted by atomic mass is 9.98. The first-order valence-electron chi connectivity index (χ1n) is 13.5. The van der Waals surface area contributed by atoms with Crippen molar-refractivity contribution in [2.24, 2.45) is 5.16 Å². The average Bonchev–Trinajstić information content (AvgIpc) is 3.30. The van der Waals surface area contributed by atoms with Crippen molar-refractivity contribution in [2.45, 2.75) is 70.0 Å². The van der Waals surface area contributed by atoms with Gasteiger partial charge in [-0.2, -0.15) is 0 Å². The van der Waals surface area contributed by atoms with Gasteiger partial charge in [0.05, 0.1) is 19.4 Å². The van der Waals surface area contributed by atoms with Gasteiger partial charge in [0.25, 0.3) is 0 Å². The summed E-state index contributed by atoms with van der Waals surface area (Å²) in [5.41, 5.74) is 3.09. The number of rotatable bonds is 15. The first-order valence-corrected chi connectivity index (χ1v) is 13.5. The lowest BCUT2D eigenvalue weighted by Gasteiger charge is -2.32. The fourth-order valence-electron chi connectivity index (χ4n) is 4.60. The molecule has 1 fully saturated rings. The third-order valence-electron chi connectivity index (χ3n) is 6.57. The molecule has 3 aromatic carbocycles. The molecule has 0 spiro atoms. The molecule has 0 radical (unpaired) electrons. The van der Waals surface area contributed by atoms with Gasteiger partial charge in [-0.3, -0.25) is 0 Å². The molecule has 1 aliphatic rings. The molecule has 5 atom stereocenters. The molecule has 1 aliphatic heterocycles. The van der Waals surface area contributed by atoms with E-state index in [9.17, 15) is 0 Å². The Morgan fingerprint density at radius 2 is 1.27 bits per heavy atom. The van der Waals surface area contributed by atoms with E-state index in [1.807, 2.05) is 105 Å². The smallest absolute Gasteiger partial charge is 0.164 e. The standard InChI is InChI=1S/C33H39NO6/c1-5-28(36-22-25-15-9-6-10-16-25)31-32(40-33(2,3)39-31)30(37-23-26-17-11-7-12-18-26)29(35-4)21-34-38-24-27-19-13-8-14-20-27/h5-21,28-32H,1,22-24H2,2-4H3/b34-21+/t28-,29-,30-,31-,32+/m1/s1. The summed E-state index contributed by atoms with van der Waals surface area (Å²) in [5, 5.41) is 4.21. The number of hydrogen-bond acceptors (Lipinski definition) is 7. The minimum Gasteiger partial charge on any atom is -0.391 e. The number of oxime groups is 1. The predicted molar refractivity (Wildman–Crippen MR) is 155 cm³/mol. The van der Waals surface area contributed by atoms with Crippen LogP contribution >= 0.6 is 0 Å². The summed E-state index contributed by atoms with van der Waals surface area (Å²) in [7, 11) is 1.61. The first kappa shape index (κ1) is 29.6. The molecule has 7 heteroatoms. The van der Waals surface area contributed by atoms with E-state index >= 15 is 0 Å². The van der Waals surface area contributed by atoms with Crippen LogP contribution in [0.3, 0.4) is 0 Å². The van der Waals surface area contributed by atoms with Gasteiger partial charge in [0.15, 0.2) is 5.79 Å². The van der Waals surface area contributed by atoms with Crippen LogP contribution in [-0.4, -0.2) is 49.6 Å². The summed E-state index contributed by atoms with van der Waals surface area (Å²) in [6.07, 6.45) is 0.652. The lowest BCUT2D eigenvalue weighted by molar-refractivity contribution is -0.170. The zero-order valence-corrected chi connectivity index (χ0v) is 23.4. The summed E-state index contributed by atoms with van der Waals surface area (Å²) in [5.74, 6) is -0.875. The van der Waals surface area contributed by atoms with E-state index in [0.717, 1.165) is 16.7 Å². The third kappa shape index (κ3) is 8.58. The summed E-state index contributed by atoms with van der Waals surface area (Å²) in [6.45, 7) is 8.88. The molecule has 3 aromatic rings. The van der Waals surface area contributed by atoms with Crippen LogP contribution in [0.15, 0.2) is 109 Å². The predicted octanol–water partition coefficient (Wildman–Crippen LogP) is 6.08. The molecule has 4 rings (SSSR count). The Hall–Kier alpha value is -3.33. The van der Waals surface area contributed by atoms with Gasteiger partial charge in [-0.25, -0.2) is 0 Å². The molecule has 0 amide bonds. The Morgan fingerprint density at radius 3 is 1.80 bits per heavy atom. The number of ether oxygens (including phenoxy) is 5. The van der Waals surface area contributed by atoms with E-state index in [-0.39, 0.29) is 0 Å². The SMILES string of the molecule is C=C[C@@H](OCc1ccccc1)[C@H]1OC(C)(C)O[C@H]1[C@H](OCc1ccccc1)[C@@H](/C=N/OCc1ccccc1)OC. The molecule has 7 nitrogen and oxygen atoms in total. The maximum atomic E-state index is 6.49. The summed E-state index contributed by atoms with van der Waals surface area (Å²) in [6, 6.07) is 29.8. The van der Waals surface area contributed by atoms with Gasteiger partial charge in [0.2, 0.25) is 0 Å². The number of benzene rings is 3. The maximum Gasteiger partial charge on any atom is 0.164 e. The van der Waals surface area contributed by atoms with Crippen molar-refractivity contribution in [1.82, 2.24) is 0 Å². The molecule has 0 N–H and O–H groups in total. The molecule has 0 aliphatic carbocycles. The second-order valence-corrected chi connectivity index (χ2v) is 10.0. The molecule has 0 saturated carbocycles. The Labute approximate surface area is 237 Å². The van der Waals surface area contributed by atoms with Crippen molar-refractivity contribution in [3.8, 4) is 0 Å². The maximum absolute atomic E-state index is 6.49. The third-order valence-corrected chi connectivity index (χ3v) is 6.57. The van der Waals surface area contributed by atoms with Crippen LogP contribution in [0.25, 0.3) is 0 Å². The Balaban J connectivity index is 1.54. The lowest BCUT2D eigenvalue weighted by Crippen LogP contribution is -2.50. The van der Waals surface area contributed by atoms with E-state index in [2.05, 4.69) is 11.7 Å². The van der Waals surface area contributed by atoms with Crippen LogP contribution in [0.4, 0.5) is 0 Å². The zero-order valence-electron chi connectivity index (χ0n) is 23.4. The monoisotopic (exact) mass is 545 g/mol.